The topological polar surface area (TPSA) is 112 Å². The number of amidine groups is 2. The van der Waals surface area contributed by atoms with Crippen LogP contribution in [-0.4, -0.2) is 49.4 Å². The highest BCUT2D eigenvalue weighted by Crippen LogP contribution is 2.31. The summed E-state index contributed by atoms with van der Waals surface area (Å²) in [6.07, 6.45) is -3.49. The average molecular weight is 370 g/mol. The van der Waals surface area contributed by atoms with Crippen molar-refractivity contribution in [3.8, 4) is 0 Å². The maximum absolute atomic E-state index is 12.6. The van der Waals surface area contributed by atoms with Crippen molar-refractivity contribution in [1.29, 1.82) is 0 Å². The van der Waals surface area contributed by atoms with Crippen molar-refractivity contribution < 1.29 is 21.6 Å². The number of thioether (sulfide) groups is 1. The number of aromatic nitrogens is 2. The minimum atomic E-state index is -4.49. The summed E-state index contributed by atoms with van der Waals surface area (Å²) in [6, 6.07) is 0. The molecule has 23 heavy (non-hydrogen) atoms. The molecule has 1 aromatic rings. The molecular formula is C10H13F3N6O2S2. The van der Waals surface area contributed by atoms with E-state index in [1.807, 2.05) is 0 Å². The number of nitrogens with one attached hydrogen (secondary N) is 3. The van der Waals surface area contributed by atoms with Crippen molar-refractivity contribution in [2.75, 3.05) is 19.3 Å². The third kappa shape index (κ3) is 4.60. The number of aliphatic imine (C=N–C) groups is 2. The minimum absolute atomic E-state index is 0.00537. The van der Waals surface area contributed by atoms with Gasteiger partial charge in [0.2, 0.25) is 0 Å². The van der Waals surface area contributed by atoms with Crippen molar-refractivity contribution in [2.45, 2.75) is 11.9 Å². The number of rotatable bonds is 5. The molecule has 3 N–H and O–H groups in total. The summed E-state index contributed by atoms with van der Waals surface area (Å²) in [5.74, 6) is 0.685. The van der Waals surface area contributed by atoms with Crippen molar-refractivity contribution in [3.05, 3.63) is 17.7 Å². The Kier molecular flexibility index (Phi) is 5.19. The number of hydrogen-bond donors (Lipinski definition) is 3. The standard InChI is InChI=1S/C10H13F3N6O2S2/c1-14-8-9(19-23(20,21)18-8)15-2-3-22-4-6-7(10(11,12)13)17-5-16-6/h5H,2-4H2,1H3,(H,14,18)(H,15,19)(H,16,17). The van der Waals surface area contributed by atoms with Gasteiger partial charge in [0.25, 0.3) is 0 Å². The van der Waals surface area contributed by atoms with E-state index in [2.05, 4.69) is 29.4 Å². The van der Waals surface area contributed by atoms with Crippen LogP contribution in [-0.2, 0) is 22.1 Å². The lowest BCUT2D eigenvalue weighted by Crippen LogP contribution is -2.24. The van der Waals surface area contributed by atoms with Crippen LogP contribution in [0, 0.1) is 0 Å². The summed E-state index contributed by atoms with van der Waals surface area (Å²) < 4.78 is 64.7. The van der Waals surface area contributed by atoms with Crippen LogP contribution in [0.25, 0.3) is 0 Å². The fourth-order valence-electron chi connectivity index (χ4n) is 1.71. The van der Waals surface area contributed by atoms with Crippen molar-refractivity contribution in [3.63, 3.8) is 0 Å². The molecule has 0 aliphatic carbocycles. The van der Waals surface area contributed by atoms with Gasteiger partial charge in [0.1, 0.15) is 0 Å². The molecule has 1 saturated heterocycles. The summed E-state index contributed by atoms with van der Waals surface area (Å²) in [6.45, 7) is 0.221. The van der Waals surface area contributed by atoms with E-state index in [1.54, 1.807) is 0 Å². The molecule has 0 bridgehead atoms. The first kappa shape index (κ1) is 17.6. The number of imidazole rings is 1. The van der Waals surface area contributed by atoms with Crippen molar-refractivity contribution >= 4 is 33.6 Å². The molecule has 13 heteroatoms. The highest BCUT2D eigenvalue weighted by molar-refractivity contribution is 7.98. The third-order valence-corrected chi connectivity index (χ3v) is 4.54. The number of aromatic amines is 1. The van der Waals surface area contributed by atoms with E-state index in [0.717, 1.165) is 6.33 Å². The molecule has 128 valence electrons. The fourth-order valence-corrected chi connectivity index (χ4v) is 3.41. The average Bonchev–Trinajstić information content (AvgIpc) is 3.02. The quantitative estimate of drug-likeness (QED) is 0.656. The smallest absolute Gasteiger partial charge is 0.347 e. The maximum Gasteiger partial charge on any atom is 0.435 e. The molecule has 0 atom stereocenters. The van der Waals surface area contributed by atoms with Gasteiger partial charge in [-0.25, -0.2) is 14.4 Å². The second kappa shape index (κ2) is 6.78. The van der Waals surface area contributed by atoms with Crippen LogP contribution in [0.5, 0.6) is 0 Å². The molecule has 1 fully saturated rings. The minimum Gasteiger partial charge on any atom is -0.347 e. The number of alkyl halides is 3. The zero-order valence-electron chi connectivity index (χ0n) is 11.8. The molecule has 0 aromatic carbocycles. The predicted molar refractivity (Wildman–Crippen MR) is 80.6 cm³/mol. The van der Waals surface area contributed by atoms with Gasteiger partial charge in [-0.2, -0.15) is 33.4 Å². The second-order valence-corrected chi connectivity index (χ2v) is 6.81. The molecule has 1 aromatic heterocycles. The van der Waals surface area contributed by atoms with E-state index in [-0.39, 0.29) is 29.7 Å². The molecule has 2 heterocycles. The second-order valence-electron chi connectivity index (χ2n) is 4.29. The first-order valence-electron chi connectivity index (χ1n) is 6.22. The van der Waals surface area contributed by atoms with Gasteiger partial charge >= 0.3 is 16.4 Å². The summed E-state index contributed by atoms with van der Waals surface area (Å²) in [4.78, 5) is 13.5. The molecule has 0 radical (unpaired) electrons. The highest BCUT2D eigenvalue weighted by Gasteiger charge is 2.36. The van der Waals surface area contributed by atoms with Gasteiger partial charge in [-0.15, -0.1) is 0 Å². The summed E-state index contributed by atoms with van der Waals surface area (Å²) in [7, 11) is -2.25. The predicted octanol–water partition coefficient (Wildman–Crippen LogP) is 0.526. The molecule has 1 aliphatic heterocycles. The Bertz CT molecular complexity index is 725. The van der Waals surface area contributed by atoms with Gasteiger partial charge in [0.05, 0.1) is 18.6 Å². The molecule has 8 nitrogen and oxygen atoms in total. The van der Waals surface area contributed by atoms with Gasteiger partial charge in [-0.3, -0.25) is 9.98 Å². The SMILES string of the molecule is CN=C1NS(=O)(=O)NC1=NCCSCc1[nH]cnc1C(F)(F)F. The molecule has 1 aliphatic rings. The summed E-state index contributed by atoms with van der Waals surface area (Å²) >= 11 is 1.22. The Morgan fingerprint density at radius 1 is 1.30 bits per heavy atom. The molecule has 0 unspecified atom stereocenters. The van der Waals surface area contributed by atoms with E-state index < -0.39 is 22.1 Å². The lowest BCUT2D eigenvalue weighted by molar-refractivity contribution is -0.141. The van der Waals surface area contributed by atoms with Crippen LogP contribution in [0.1, 0.15) is 11.4 Å². The Balaban J connectivity index is 1.85. The van der Waals surface area contributed by atoms with Gasteiger partial charge in [0.15, 0.2) is 17.4 Å². The van der Waals surface area contributed by atoms with E-state index in [0.29, 0.717) is 5.75 Å². The van der Waals surface area contributed by atoms with E-state index in [4.69, 9.17) is 0 Å². The fraction of sp³-hybridized carbons (Fsp3) is 0.500. The van der Waals surface area contributed by atoms with Crippen LogP contribution in [0.15, 0.2) is 16.3 Å². The Labute approximate surface area is 134 Å². The van der Waals surface area contributed by atoms with Crippen molar-refractivity contribution in [2.24, 2.45) is 9.98 Å². The zero-order chi connectivity index (χ0) is 17.1. The Morgan fingerprint density at radius 2 is 2.00 bits per heavy atom. The number of nitrogens with zero attached hydrogens (tertiary/aromatic N) is 3. The molecular weight excluding hydrogens is 357 g/mol. The van der Waals surface area contributed by atoms with Gasteiger partial charge < -0.3 is 4.98 Å². The first-order valence-corrected chi connectivity index (χ1v) is 8.86. The van der Waals surface area contributed by atoms with Crippen molar-refractivity contribution in [1.82, 2.24) is 19.4 Å². The number of hydrogen-bond acceptors (Lipinski definition) is 6. The molecule has 2 rings (SSSR count). The number of halogens is 3. The molecule has 0 spiro atoms. The van der Waals surface area contributed by atoms with E-state index in [9.17, 15) is 21.6 Å². The maximum atomic E-state index is 12.6. The molecule has 0 saturated carbocycles. The normalized spacial score (nSPS) is 20.7. The van der Waals surface area contributed by atoms with Crippen LogP contribution in [0.3, 0.4) is 0 Å². The van der Waals surface area contributed by atoms with Gasteiger partial charge in [-0.05, 0) is 0 Å². The van der Waals surface area contributed by atoms with Gasteiger partial charge in [-0.1, -0.05) is 0 Å². The lowest BCUT2D eigenvalue weighted by Gasteiger charge is -2.05. The zero-order valence-corrected chi connectivity index (χ0v) is 13.4. The summed E-state index contributed by atoms with van der Waals surface area (Å²) in [5.41, 5.74) is -0.932. The summed E-state index contributed by atoms with van der Waals surface area (Å²) in [5, 5.41) is 0. The number of H-pyrrole nitrogens is 1. The first-order chi connectivity index (χ1) is 10.7. The van der Waals surface area contributed by atoms with Crippen LogP contribution in [0.2, 0.25) is 0 Å². The highest BCUT2D eigenvalue weighted by atomic mass is 32.2. The van der Waals surface area contributed by atoms with E-state index >= 15 is 0 Å². The Morgan fingerprint density at radius 3 is 2.65 bits per heavy atom. The van der Waals surface area contributed by atoms with Crippen LogP contribution in [0.4, 0.5) is 13.2 Å². The monoisotopic (exact) mass is 370 g/mol. The lowest BCUT2D eigenvalue weighted by atomic mass is 10.3. The Hall–Kier alpha value is -1.76. The van der Waals surface area contributed by atoms with Crippen LogP contribution < -0.4 is 9.44 Å². The van der Waals surface area contributed by atoms with Crippen LogP contribution >= 0.6 is 11.8 Å². The third-order valence-electron chi connectivity index (χ3n) is 2.65. The largest absolute Gasteiger partial charge is 0.435 e. The molecule has 0 amide bonds. The van der Waals surface area contributed by atoms with Gasteiger partial charge in [0, 0.05) is 18.6 Å². The van der Waals surface area contributed by atoms with E-state index in [1.165, 1.54) is 18.8 Å².